The van der Waals surface area contributed by atoms with Crippen molar-refractivity contribution in [3.63, 3.8) is 0 Å². The van der Waals surface area contributed by atoms with E-state index in [1.54, 1.807) is 0 Å². The van der Waals surface area contributed by atoms with Gasteiger partial charge in [-0.05, 0) is 38.1 Å². The monoisotopic (exact) mass is 213 g/mol. The van der Waals surface area contributed by atoms with Crippen molar-refractivity contribution < 1.29 is 5.11 Å². The van der Waals surface area contributed by atoms with Gasteiger partial charge in [-0.2, -0.15) is 0 Å². The lowest BCUT2D eigenvalue weighted by molar-refractivity contribution is -0.0478. The minimum absolute atomic E-state index is 0.321. The quantitative estimate of drug-likeness (QED) is 0.563. The van der Waals surface area contributed by atoms with E-state index in [1.165, 1.54) is 25.7 Å². The van der Waals surface area contributed by atoms with Crippen molar-refractivity contribution in [3.05, 3.63) is 0 Å². The lowest BCUT2D eigenvalue weighted by Gasteiger charge is -2.44. The highest BCUT2D eigenvalue weighted by molar-refractivity contribution is 4.91. The van der Waals surface area contributed by atoms with Crippen LogP contribution in [0.25, 0.3) is 0 Å². The van der Waals surface area contributed by atoms with Gasteiger partial charge in [0, 0.05) is 6.04 Å². The molecule has 0 aromatic carbocycles. The fourth-order valence-electron chi connectivity index (χ4n) is 3.31. The lowest BCUT2D eigenvalue weighted by atomic mass is 9.75. The molecule has 0 aromatic rings. The Bertz CT molecular complexity index is 201. The van der Waals surface area contributed by atoms with Crippen LogP contribution in [-0.2, 0) is 0 Å². The summed E-state index contributed by atoms with van der Waals surface area (Å²) < 4.78 is 0. The number of aliphatic hydroxyl groups is 1. The van der Waals surface area contributed by atoms with Gasteiger partial charge < -0.3 is 5.11 Å². The molecule has 1 saturated carbocycles. The van der Waals surface area contributed by atoms with E-state index in [4.69, 9.17) is 0 Å². The Morgan fingerprint density at radius 2 is 1.93 bits per heavy atom. The van der Waals surface area contributed by atoms with Gasteiger partial charge in [0.1, 0.15) is 6.23 Å². The highest BCUT2D eigenvalue weighted by Gasteiger charge is 2.38. The van der Waals surface area contributed by atoms with E-state index in [0.717, 1.165) is 0 Å². The predicted octanol–water partition coefficient (Wildman–Crippen LogP) is 2.86. The number of aliphatic hydroxyl groups excluding tert-OH is 1. The number of nitrogens with zero attached hydrogens (tertiary/aromatic N) is 1. The van der Waals surface area contributed by atoms with Crippen molar-refractivity contribution in [1.82, 2.24) is 4.90 Å². The molecule has 1 N–H and O–H groups in total. The molecule has 0 bridgehead atoms. The molecule has 0 aliphatic heterocycles. The van der Waals surface area contributed by atoms with E-state index in [2.05, 4.69) is 32.7 Å². The Morgan fingerprint density at radius 3 is 2.47 bits per heavy atom. The number of rotatable bonds is 2. The molecule has 2 heteroatoms. The van der Waals surface area contributed by atoms with Crippen LogP contribution in [0.5, 0.6) is 0 Å². The fourth-order valence-corrected chi connectivity index (χ4v) is 3.31. The molecule has 0 radical (unpaired) electrons. The SMILES string of the molecule is CC1CCCCC(C)(C)C1N(C)C(C)O. The molecule has 2 nitrogen and oxygen atoms in total. The van der Waals surface area contributed by atoms with Crippen molar-refractivity contribution in [2.75, 3.05) is 7.05 Å². The highest BCUT2D eigenvalue weighted by atomic mass is 16.3. The van der Waals surface area contributed by atoms with Crippen LogP contribution in [-0.4, -0.2) is 29.3 Å². The second kappa shape index (κ2) is 4.84. The van der Waals surface area contributed by atoms with E-state index < -0.39 is 0 Å². The van der Waals surface area contributed by atoms with E-state index in [0.29, 0.717) is 17.4 Å². The number of hydrogen-bond donors (Lipinski definition) is 1. The zero-order valence-corrected chi connectivity index (χ0v) is 11.0. The summed E-state index contributed by atoms with van der Waals surface area (Å²) in [6.45, 7) is 8.89. The highest BCUT2D eigenvalue weighted by Crippen LogP contribution is 2.40. The van der Waals surface area contributed by atoms with Crippen LogP contribution in [0.3, 0.4) is 0 Å². The van der Waals surface area contributed by atoms with Gasteiger partial charge in [0.15, 0.2) is 0 Å². The van der Waals surface area contributed by atoms with Gasteiger partial charge in [0.2, 0.25) is 0 Å². The minimum Gasteiger partial charge on any atom is -0.379 e. The minimum atomic E-state index is -0.338. The first-order valence-electron chi connectivity index (χ1n) is 6.26. The summed E-state index contributed by atoms with van der Waals surface area (Å²) in [6, 6.07) is 0.500. The Hall–Kier alpha value is -0.0800. The molecule has 1 aliphatic rings. The van der Waals surface area contributed by atoms with Gasteiger partial charge in [-0.25, -0.2) is 0 Å². The third-order valence-corrected chi connectivity index (χ3v) is 4.10. The smallest absolute Gasteiger partial charge is 0.104 e. The summed E-state index contributed by atoms with van der Waals surface area (Å²) in [6.07, 6.45) is 4.91. The van der Waals surface area contributed by atoms with E-state index >= 15 is 0 Å². The second-order valence-corrected chi connectivity index (χ2v) is 5.95. The van der Waals surface area contributed by atoms with E-state index in [-0.39, 0.29) is 6.23 Å². The molecule has 1 rings (SSSR count). The molecule has 1 fully saturated rings. The lowest BCUT2D eigenvalue weighted by Crippen LogP contribution is -2.50. The van der Waals surface area contributed by atoms with Crippen LogP contribution in [0.2, 0.25) is 0 Å². The molecule has 3 atom stereocenters. The van der Waals surface area contributed by atoms with Gasteiger partial charge in [0.05, 0.1) is 0 Å². The summed E-state index contributed by atoms with van der Waals surface area (Å²) >= 11 is 0. The summed E-state index contributed by atoms with van der Waals surface area (Å²) in [5, 5.41) is 9.74. The maximum Gasteiger partial charge on any atom is 0.104 e. The molecule has 0 amide bonds. The van der Waals surface area contributed by atoms with Crippen LogP contribution in [0.1, 0.15) is 53.4 Å². The Morgan fingerprint density at radius 1 is 1.33 bits per heavy atom. The van der Waals surface area contributed by atoms with Crippen LogP contribution in [0, 0.1) is 11.3 Å². The van der Waals surface area contributed by atoms with Crippen molar-refractivity contribution in [2.45, 2.75) is 65.6 Å². The molecular weight excluding hydrogens is 186 g/mol. The molecule has 0 heterocycles. The Labute approximate surface area is 94.7 Å². The first kappa shape index (κ1) is 13.0. The Kier molecular flexibility index (Phi) is 4.19. The molecule has 15 heavy (non-hydrogen) atoms. The third-order valence-electron chi connectivity index (χ3n) is 4.10. The average molecular weight is 213 g/mol. The summed E-state index contributed by atoms with van der Waals surface area (Å²) in [7, 11) is 2.05. The summed E-state index contributed by atoms with van der Waals surface area (Å²) in [5.41, 5.74) is 0.321. The maximum absolute atomic E-state index is 9.74. The third kappa shape index (κ3) is 2.94. The summed E-state index contributed by atoms with van der Waals surface area (Å²) in [4.78, 5) is 2.15. The van der Waals surface area contributed by atoms with Crippen LogP contribution >= 0.6 is 0 Å². The zero-order chi connectivity index (χ0) is 11.6. The fraction of sp³-hybridized carbons (Fsp3) is 1.00. The average Bonchev–Trinajstić information content (AvgIpc) is 2.23. The van der Waals surface area contributed by atoms with Gasteiger partial charge in [-0.15, -0.1) is 0 Å². The largest absolute Gasteiger partial charge is 0.379 e. The van der Waals surface area contributed by atoms with Gasteiger partial charge in [-0.3, -0.25) is 4.90 Å². The van der Waals surface area contributed by atoms with E-state index in [1.807, 2.05) is 6.92 Å². The maximum atomic E-state index is 9.74. The van der Waals surface area contributed by atoms with E-state index in [9.17, 15) is 5.11 Å². The van der Waals surface area contributed by atoms with Gasteiger partial charge >= 0.3 is 0 Å². The van der Waals surface area contributed by atoms with Crippen molar-refractivity contribution in [1.29, 1.82) is 0 Å². The molecule has 0 spiro atoms. The molecule has 0 saturated heterocycles. The van der Waals surface area contributed by atoms with Crippen molar-refractivity contribution >= 4 is 0 Å². The number of hydrogen-bond acceptors (Lipinski definition) is 2. The van der Waals surface area contributed by atoms with Crippen LogP contribution in [0.15, 0.2) is 0 Å². The topological polar surface area (TPSA) is 23.5 Å². The Balaban J connectivity index is 2.86. The van der Waals surface area contributed by atoms with Crippen LogP contribution < -0.4 is 0 Å². The predicted molar refractivity (Wildman–Crippen MR) is 64.6 cm³/mol. The molecular formula is C13H27NO. The first-order valence-corrected chi connectivity index (χ1v) is 6.26. The van der Waals surface area contributed by atoms with Gasteiger partial charge in [-0.1, -0.05) is 33.6 Å². The first-order chi connectivity index (χ1) is 6.86. The standard InChI is InChI=1S/C13H27NO/c1-10-8-6-7-9-13(3,4)12(10)14(5)11(2)15/h10-12,15H,6-9H2,1-5H3. The zero-order valence-electron chi connectivity index (χ0n) is 11.0. The van der Waals surface area contributed by atoms with Crippen molar-refractivity contribution in [3.8, 4) is 0 Å². The normalized spacial score (nSPS) is 33.8. The second-order valence-electron chi connectivity index (χ2n) is 5.95. The molecule has 3 unspecified atom stereocenters. The molecule has 0 aromatic heterocycles. The van der Waals surface area contributed by atoms with Crippen molar-refractivity contribution in [2.24, 2.45) is 11.3 Å². The van der Waals surface area contributed by atoms with Crippen LogP contribution in [0.4, 0.5) is 0 Å². The molecule has 1 aliphatic carbocycles. The molecule has 90 valence electrons. The van der Waals surface area contributed by atoms with Gasteiger partial charge in [0.25, 0.3) is 0 Å². The summed E-state index contributed by atoms with van der Waals surface area (Å²) in [5.74, 6) is 0.682.